The lowest BCUT2D eigenvalue weighted by molar-refractivity contribution is -0.383. The van der Waals surface area contributed by atoms with Gasteiger partial charge in [-0.3, -0.25) is 29.4 Å². The van der Waals surface area contributed by atoms with E-state index in [2.05, 4.69) is 10.5 Å². The Morgan fingerprint density at radius 1 is 1.09 bits per heavy atom. The zero-order valence-corrected chi connectivity index (χ0v) is 17.2. The first-order valence-electron chi connectivity index (χ1n) is 9.72. The summed E-state index contributed by atoms with van der Waals surface area (Å²) in [5.41, 5.74) is 1.13. The van der Waals surface area contributed by atoms with Gasteiger partial charge in [0.15, 0.2) is 0 Å². The molecule has 10 nitrogen and oxygen atoms in total. The summed E-state index contributed by atoms with van der Waals surface area (Å²) in [6.07, 6.45) is -0.0564. The van der Waals surface area contributed by atoms with Crippen molar-refractivity contribution in [3.05, 3.63) is 86.8 Å². The number of carbonyl (C=O) groups is 3. The maximum atomic E-state index is 13.3. The fourth-order valence-corrected chi connectivity index (χ4v) is 3.73. The van der Waals surface area contributed by atoms with Crippen molar-refractivity contribution in [2.24, 2.45) is 0 Å². The molecule has 2 heterocycles. The Hall–Kier alpha value is -4.34. The van der Waals surface area contributed by atoms with Crippen LogP contribution in [0, 0.1) is 24.0 Å². The van der Waals surface area contributed by atoms with E-state index in [0.29, 0.717) is 17.0 Å². The first-order valence-corrected chi connectivity index (χ1v) is 9.72. The number of nitrogens with zero attached hydrogens (tertiary/aromatic N) is 3. The second-order valence-corrected chi connectivity index (χ2v) is 7.31. The molecule has 0 fully saturated rings. The van der Waals surface area contributed by atoms with Gasteiger partial charge < -0.3 is 9.84 Å². The van der Waals surface area contributed by atoms with Gasteiger partial charge in [0, 0.05) is 18.1 Å². The minimum Gasteiger partial charge on any atom is -0.361 e. The van der Waals surface area contributed by atoms with E-state index in [1.54, 1.807) is 26.0 Å². The summed E-state index contributed by atoms with van der Waals surface area (Å²) < 4.78 is 5.16. The zero-order valence-electron chi connectivity index (χ0n) is 17.2. The van der Waals surface area contributed by atoms with Crippen molar-refractivity contribution in [2.45, 2.75) is 26.3 Å². The Morgan fingerprint density at radius 2 is 1.69 bits per heavy atom. The van der Waals surface area contributed by atoms with E-state index in [-0.39, 0.29) is 28.9 Å². The topological polar surface area (TPSA) is 136 Å². The lowest BCUT2D eigenvalue weighted by atomic mass is 10.0. The van der Waals surface area contributed by atoms with E-state index < -0.39 is 28.7 Å². The van der Waals surface area contributed by atoms with Crippen LogP contribution in [-0.2, 0) is 11.2 Å². The number of nitro groups is 1. The normalized spacial score (nSPS) is 13.8. The number of aromatic nitrogens is 1. The molecule has 0 bridgehead atoms. The van der Waals surface area contributed by atoms with Crippen molar-refractivity contribution < 1.29 is 23.8 Å². The van der Waals surface area contributed by atoms with Crippen LogP contribution in [0.3, 0.4) is 0 Å². The number of aryl methyl sites for hydroxylation is 2. The number of para-hydroxylation sites is 2. The number of amides is 3. The number of nitrogens with one attached hydrogen (secondary N) is 1. The lowest BCUT2D eigenvalue weighted by Crippen LogP contribution is -2.48. The van der Waals surface area contributed by atoms with Gasteiger partial charge in [0.25, 0.3) is 17.5 Å². The van der Waals surface area contributed by atoms with Crippen LogP contribution in [-0.4, -0.2) is 38.7 Å². The third kappa shape index (κ3) is 3.51. The van der Waals surface area contributed by atoms with Gasteiger partial charge in [-0.1, -0.05) is 29.4 Å². The van der Waals surface area contributed by atoms with Crippen LogP contribution in [0.1, 0.15) is 37.7 Å². The molecule has 10 heteroatoms. The second kappa shape index (κ2) is 8.06. The van der Waals surface area contributed by atoms with Crippen molar-refractivity contribution in [3.8, 4) is 0 Å². The smallest absolute Gasteiger partial charge is 0.292 e. The number of anilines is 1. The van der Waals surface area contributed by atoms with Crippen LogP contribution >= 0.6 is 0 Å². The molecule has 1 aromatic heterocycles. The van der Waals surface area contributed by atoms with Gasteiger partial charge in [-0.25, -0.2) is 0 Å². The van der Waals surface area contributed by atoms with Gasteiger partial charge in [0.05, 0.1) is 21.7 Å². The van der Waals surface area contributed by atoms with Crippen LogP contribution in [0.15, 0.2) is 53.1 Å². The molecule has 0 spiro atoms. The van der Waals surface area contributed by atoms with Gasteiger partial charge in [0.1, 0.15) is 17.5 Å². The number of nitro benzene ring substituents is 1. The fourth-order valence-electron chi connectivity index (χ4n) is 3.73. The highest BCUT2D eigenvalue weighted by atomic mass is 16.6. The van der Waals surface area contributed by atoms with Crippen molar-refractivity contribution in [1.29, 1.82) is 0 Å². The van der Waals surface area contributed by atoms with Gasteiger partial charge in [0.2, 0.25) is 5.91 Å². The Labute approximate surface area is 182 Å². The molecular formula is C22H18N4O6. The summed E-state index contributed by atoms with van der Waals surface area (Å²) in [4.78, 5) is 51.1. The van der Waals surface area contributed by atoms with Crippen LogP contribution in [0.5, 0.6) is 0 Å². The summed E-state index contributed by atoms with van der Waals surface area (Å²) in [5.74, 6) is -1.52. The summed E-state index contributed by atoms with van der Waals surface area (Å²) in [5, 5.41) is 17.7. The van der Waals surface area contributed by atoms with E-state index in [1.165, 1.54) is 36.4 Å². The summed E-state index contributed by atoms with van der Waals surface area (Å²) in [7, 11) is 0. The van der Waals surface area contributed by atoms with Crippen LogP contribution in [0.25, 0.3) is 0 Å². The van der Waals surface area contributed by atoms with Crippen LogP contribution < -0.4 is 5.32 Å². The molecule has 4 rings (SSSR count). The number of hydrogen-bond acceptors (Lipinski definition) is 7. The molecule has 1 unspecified atom stereocenters. The summed E-state index contributed by atoms with van der Waals surface area (Å²) in [6, 6.07) is 10.7. The standard InChI is InChI=1S/C22H18N4O6/c1-12-16(13(2)32-24-12)11-19(20(27)23-17-9-5-6-10-18(17)26(30)31)25-21(28)14-7-3-4-8-15(14)22(25)29/h3-10,19H,11H2,1-2H3,(H,23,27). The van der Waals surface area contributed by atoms with Crippen molar-refractivity contribution in [3.63, 3.8) is 0 Å². The molecule has 32 heavy (non-hydrogen) atoms. The quantitative estimate of drug-likeness (QED) is 0.358. The largest absolute Gasteiger partial charge is 0.361 e. The van der Waals surface area contributed by atoms with Crippen molar-refractivity contribution >= 4 is 29.1 Å². The number of benzene rings is 2. The predicted molar refractivity (Wildman–Crippen MR) is 112 cm³/mol. The molecule has 3 amide bonds. The summed E-state index contributed by atoms with van der Waals surface area (Å²) in [6.45, 7) is 3.35. The molecule has 0 saturated heterocycles. The number of fused-ring (bicyclic) bond motifs is 1. The first kappa shape index (κ1) is 20.9. The second-order valence-electron chi connectivity index (χ2n) is 7.31. The third-order valence-electron chi connectivity index (χ3n) is 5.38. The van der Waals surface area contributed by atoms with Gasteiger partial charge in [-0.05, 0) is 32.0 Å². The lowest BCUT2D eigenvalue weighted by Gasteiger charge is -2.25. The Morgan fingerprint density at radius 3 is 2.25 bits per heavy atom. The molecule has 0 aliphatic carbocycles. The molecule has 1 aliphatic heterocycles. The van der Waals surface area contributed by atoms with E-state index >= 15 is 0 Å². The molecule has 1 aliphatic rings. The number of hydrogen-bond donors (Lipinski definition) is 1. The van der Waals surface area contributed by atoms with Gasteiger partial charge in [-0.2, -0.15) is 0 Å². The minimum absolute atomic E-state index is 0.0390. The molecular weight excluding hydrogens is 416 g/mol. The molecule has 0 radical (unpaired) electrons. The van der Waals surface area contributed by atoms with Crippen LogP contribution in [0.2, 0.25) is 0 Å². The highest BCUT2D eigenvalue weighted by Crippen LogP contribution is 2.29. The van der Waals surface area contributed by atoms with Gasteiger partial charge >= 0.3 is 0 Å². The average Bonchev–Trinajstić information content (AvgIpc) is 3.22. The first-order chi connectivity index (χ1) is 15.3. The molecule has 2 aromatic carbocycles. The van der Waals surface area contributed by atoms with E-state index in [9.17, 15) is 24.5 Å². The Balaban J connectivity index is 1.74. The maximum absolute atomic E-state index is 13.3. The van der Waals surface area contributed by atoms with E-state index in [0.717, 1.165) is 4.90 Å². The Bertz CT molecular complexity index is 1210. The SMILES string of the molecule is Cc1noc(C)c1CC(C(=O)Nc1ccccc1[N+](=O)[O-])N1C(=O)c2ccccc2C1=O. The van der Waals surface area contributed by atoms with Crippen molar-refractivity contribution in [1.82, 2.24) is 10.1 Å². The van der Waals surface area contributed by atoms with E-state index in [4.69, 9.17) is 4.52 Å². The highest BCUT2D eigenvalue weighted by molar-refractivity contribution is 6.23. The monoisotopic (exact) mass is 434 g/mol. The minimum atomic E-state index is -1.28. The number of carbonyl (C=O) groups excluding carboxylic acids is 3. The zero-order chi connectivity index (χ0) is 23.0. The predicted octanol–water partition coefficient (Wildman–Crippen LogP) is 3.05. The molecule has 3 aromatic rings. The molecule has 1 atom stereocenters. The average molecular weight is 434 g/mol. The van der Waals surface area contributed by atoms with E-state index in [1.807, 2.05) is 0 Å². The Kier molecular flexibility index (Phi) is 5.27. The third-order valence-corrected chi connectivity index (χ3v) is 5.38. The molecule has 0 saturated carbocycles. The molecule has 1 N–H and O–H groups in total. The van der Waals surface area contributed by atoms with Crippen molar-refractivity contribution in [2.75, 3.05) is 5.32 Å². The molecule has 162 valence electrons. The number of imide groups is 1. The fraction of sp³-hybridized carbons (Fsp3) is 0.182. The van der Waals surface area contributed by atoms with Crippen LogP contribution in [0.4, 0.5) is 11.4 Å². The van der Waals surface area contributed by atoms with Gasteiger partial charge in [-0.15, -0.1) is 0 Å². The summed E-state index contributed by atoms with van der Waals surface area (Å²) >= 11 is 0. The maximum Gasteiger partial charge on any atom is 0.292 e. The highest BCUT2D eigenvalue weighted by Gasteiger charge is 2.43. The number of rotatable bonds is 6.